The second-order valence-electron chi connectivity index (χ2n) is 7.05. The average molecular weight is 302 g/mol. The summed E-state index contributed by atoms with van der Waals surface area (Å²) in [5.74, 6) is 6.45. The van der Waals surface area contributed by atoms with E-state index in [9.17, 15) is 8.42 Å². The lowest BCUT2D eigenvalue weighted by molar-refractivity contribution is 0.145. The zero-order valence-corrected chi connectivity index (χ0v) is 14.7. The van der Waals surface area contributed by atoms with E-state index in [2.05, 4.69) is 32.6 Å². The van der Waals surface area contributed by atoms with Gasteiger partial charge in [0.15, 0.2) is 9.84 Å². The van der Waals surface area contributed by atoms with E-state index in [4.69, 9.17) is 4.74 Å². The summed E-state index contributed by atoms with van der Waals surface area (Å²) in [4.78, 5) is 0. The number of hydrogen-bond acceptors (Lipinski definition) is 3. The van der Waals surface area contributed by atoms with Gasteiger partial charge in [0.05, 0.1) is 17.1 Å². The highest BCUT2D eigenvalue weighted by Gasteiger charge is 2.28. The normalized spacial score (nSPS) is 12.9. The van der Waals surface area contributed by atoms with Crippen LogP contribution in [0.4, 0.5) is 0 Å². The molecule has 0 radical (unpaired) electrons. The fourth-order valence-electron chi connectivity index (χ4n) is 1.32. The molecule has 0 aliphatic rings. The standard InChI is InChI=1S/C16H30O3S/c1-15(2,3)11-9-7-8-10-12-19-13-14-20(17,18)16(4,5)6/h7-8,10,12-14H2,1-6H3. The first-order chi connectivity index (χ1) is 8.96. The van der Waals surface area contributed by atoms with Crippen LogP contribution in [-0.4, -0.2) is 32.1 Å². The Morgan fingerprint density at radius 3 is 2.05 bits per heavy atom. The smallest absolute Gasteiger partial charge is 0.157 e. The molecule has 0 saturated heterocycles. The number of rotatable bonds is 7. The lowest BCUT2D eigenvalue weighted by atomic mass is 9.98. The second kappa shape index (κ2) is 8.05. The first-order valence-electron chi connectivity index (χ1n) is 7.26. The van der Waals surface area contributed by atoms with Crippen molar-refractivity contribution in [2.24, 2.45) is 5.41 Å². The lowest BCUT2D eigenvalue weighted by Crippen LogP contribution is -2.32. The zero-order chi connectivity index (χ0) is 15.9. The molecule has 0 unspecified atom stereocenters. The van der Waals surface area contributed by atoms with Crippen LogP contribution >= 0.6 is 0 Å². The average Bonchev–Trinajstić information content (AvgIpc) is 2.23. The highest BCUT2D eigenvalue weighted by atomic mass is 32.2. The van der Waals surface area contributed by atoms with Gasteiger partial charge in [0.2, 0.25) is 0 Å². The molecule has 3 nitrogen and oxygen atoms in total. The molecule has 0 heterocycles. The second-order valence-corrected chi connectivity index (χ2v) is 9.91. The van der Waals surface area contributed by atoms with Crippen molar-refractivity contribution in [3.05, 3.63) is 0 Å². The molecule has 0 fully saturated rings. The monoisotopic (exact) mass is 302 g/mol. The molecule has 0 N–H and O–H groups in total. The summed E-state index contributed by atoms with van der Waals surface area (Å²) in [7, 11) is -3.06. The van der Waals surface area contributed by atoms with E-state index in [1.807, 2.05) is 0 Å². The first kappa shape index (κ1) is 19.5. The van der Waals surface area contributed by atoms with Gasteiger partial charge in [-0.05, 0) is 54.4 Å². The van der Waals surface area contributed by atoms with Crippen LogP contribution in [0, 0.1) is 17.3 Å². The Labute approximate surface area is 125 Å². The van der Waals surface area contributed by atoms with Crippen molar-refractivity contribution in [3.8, 4) is 11.8 Å². The van der Waals surface area contributed by atoms with Crippen LogP contribution < -0.4 is 0 Å². The Balaban J connectivity index is 3.67. The molecule has 0 aromatic rings. The van der Waals surface area contributed by atoms with Gasteiger partial charge >= 0.3 is 0 Å². The van der Waals surface area contributed by atoms with Crippen LogP contribution in [0.3, 0.4) is 0 Å². The minimum atomic E-state index is -3.06. The molecule has 0 bridgehead atoms. The molecule has 0 aliphatic heterocycles. The maximum absolute atomic E-state index is 11.8. The van der Waals surface area contributed by atoms with Gasteiger partial charge in [-0.2, -0.15) is 0 Å². The minimum Gasteiger partial charge on any atom is -0.380 e. The Morgan fingerprint density at radius 1 is 0.950 bits per heavy atom. The van der Waals surface area contributed by atoms with E-state index in [0.717, 1.165) is 19.3 Å². The van der Waals surface area contributed by atoms with Crippen molar-refractivity contribution >= 4 is 9.84 Å². The van der Waals surface area contributed by atoms with Crippen molar-refractivity contribution in [1.29, 1.82) is 0 Å². The fraction of sp³-hybridized carbons (Fsp3) is 0.875. The third kappa shape index (κ3) is 9.39. The van der Waals surface area contributed by atoms with Crippen molar-refractivity contribution in [3.63, 3.8) is 0 Å². The van der Waals surface area contributed by atoms with Gasteiger partial charge in [-0.3, -0.25) is 0 Å². The van der Waals surface area contributed by atoms with E-state index in [1.165, 1.54) is 0 Å². The highest BCUT2D eigenvalue weighted by molar-refractivity contribution is 7.92. The van der Waals surface area contributed by atoms with Crippen LogP contribution in [-0.2, 0) is 14.6 Å². The SMILES string of the molecule is CC(C)(C)C#CCCCCOCCS(=O)(=O)C(C)(C)C. The first-order valence-corrected chi connectivity index (χ1v) is 8.91. The molecule has 0 aliphatic carbocycles. The Bertz CT molecular complexity index is 425. The van der Waals surface area contributed by atoms with E-state index >= 15 is 0 Å². The molecule has 0 rings (SSSR count). The van der Waals surface area contributed by atoms with Gasteiger partial charge in [-0.1, -0.05) is 5.92 Å². The number of ether oxygens (including phenoxy) is 1. The van der Waals surface area contributed by atoms with E-state index in [-0.39, 0.29) is 17.8 Å². The van der Waals surface area contributed by atoms with E-state index in [0.29, 0.717) is 6.61 Å². The van der Waals surface area contributed by atoms with Crippen molar-refractivity contribution in [2.45, 2.75) is 65.6 Å². The van der Waals surface area contributed by atoms with Crippen LogP contribution in [0.1, 0.15) is 60.8 Å². The van der Waals surface area contributed by atoms with E-state index in [1.54, 1.807) is 20.8 Å². The Kier molecular flexibility index (Phi) is 7.83. The van der Waals surface area contributed by atoms with Crippen LogP contribution in [0.5, 0.6) is 0 Å². The van der Waals surface area contributed by atoms with Gasteiger partial charge < -0.3 is 4.74 Å². The molecule has 0 atom stereocenters. The third-order valence-electron chi connectivity index (χ3n) is 2.73. The molecule has 20 heavy (non-hydrogen) atoms. The van der Waals surface area contributed by atoms with Crippen LogP contribution in [0.15, 0.2) is 0 Å². The maximum atomic E-state index is 11.8. The van der Waals surface area contributed by atoms with Gasteiger partial charge in [0.1, 0.15) is 0 Å². The molecule has 4 heteroatoms. The summed E-state index contributed by atoms with van der Waals surface area (Å²) in [6, 6.07) is 0. The van der Waals surface area contributed by atoms with Gasteiger partial charge in [-0.25, -0.2) is 8.42 Å². The maximum Gasteiger partial charge on any atom is 0.157 e. The molecule has 0 saturated carbocycles. The van der Waals surface area contributed by atoms with Crippen molar-refractivity contribution in [1.82, 2.24) is 0 Å². The van der Waals surface area contributed by atoms with Crippen LogP contribution in [0.2, 0.25) is 0 Å². The summed E-state index contributed by atoms with van der Waals surface area (Å²) in [6.45, 7) is 12.3. The topological polar surface area (TPSA) is 43.4 Å². The largest absolute Gasteiger partial charge is 0.380 e. The van der Waals surface area contributed by atoms with Gasteiger partial charge in [0, 0.05) is 18.4 Å². The highest BCUT2D eigenvalue weighted by Crippen LogP contribution is 2.15. The molecule has 0 aromatic carbocycles. The fourth-order valence-corrected chi connectivity index (χ4v) is 2.27. The third-order valence-corrected chi connectivity index (χ3v) is 5.30. The molecule has 0 spiro atoms. The van der Waals surface area contributed by atoms with Crippen LogP contribution in [0.25, 0.3) is 0 Å². The van der Waals surface area contributed by atoms with Crippen molar-refractivity contribution < 1.29 is 13.2 Å². The summed E-state index contributed by atoms with van der Waals surface area (Å²) in [5, 5.41) is 0. The zero-order valence-electron chi connectivity index (χ0n) is 13.9. The molecule has 0 aromatic heterocycles. The summed E-state index contributed by atoms with van der Waals surface area (Å²) >= 11 is 0. The van der Waals surface area contributed by atoms with Gasteiger partial charge in [-0.15, -0.1) is 5.92 Å². The summed E-state index contributed by atoms with van der Waals surface area (Å²) < 4.78 is 28.3. The lowest BCUT2D eigenvalue weighted by Gasteiger charge is -2.18. The predicted molar refractivity (Wildman–Crippen MR) is 85.4 cm³/mol. The van der Waals surface area contributed by atoms with Crippen molar-refractivity contribution in [2.75, 3.05) is 19.0 Å². The van der Waals surface area contributed by atoms with E-state index < -0.39 is 14.6 Å². The number of unbranched alkanes of at least 4 members (excludes halogenated alkanes) is 2. The Morgan fingerprint density at radius 2 is 1.55 bits per heavy atom. The predicted octanol–water partition coefficient (Wildman–Crippen LogP) is 3.44. The quantitative estimate of drug-likeness (QED) is 0.534. The molecular formula is C16H30O3S. The Hall–Kier alpha value is -0.530. The summed E-state index contributed by atoms with van der Waals surface area (Å²) in [6.07, 6.45) is 2.80. The minimum absolute atomic E-state index is 0.0673. The number of hydrogen-bond donors (Lipinski definition) is 0. The summed E-state index contributed by atoms with van der Waals surface area (Å²) in [5.41, 5.74) is 0.0673. The number of sulfone groups is 1. The van der Waals surface area contributed by atoms with Gasteiger partial charge in [0.25, 0.3) is 0 Å². The molecule has 118 valence electrons. The molecular weight excluding hydrogens is 272 g/mol. The molecule has 0 amide bonds.